The fraction of sp³-hybridized carbons (Fsp3) is 0.688. The molecule has 21 heavy (non-hydrogen) atoms. The molecule has 0 spiro atoms. The van der Waals surface area contributed by atoms with Crippen molar-refractivity contribution in [1.82, 2.24) is 9.88 Å². The van der Waals surface area contributed by atoms with E-state index < -0.39 is 0 Å². The van der Waals surface area contributed by atoms with Crippen molar-refractivity contribution in [3.05, 3.63) is 23.5 Å². The summed E-state index contributed by atoms with van der Waals surface area (Å²) in [6.45, 7) is 6.57. The van der Waals surface area contributed by atoms with Crippen molar-refractivity contribution in [2.24, 2.45) is 11.8 Å². The number of likely N-dealkylation sites (N-methyl/N-ethyl adjacent to an activating group) is 1. The minimum absolute atomic E-state index is 0. The van der Waals surface area contributed by atoms with E-state index in [2.05, 4.69) is 54.9 Å². The molecule has 1 aromatic heterocycles. The van der Waals surface area contributed by atoms with Gasteiger partial charge in [0.1, 0.15) is 0 Å². The van der Waals surface area contributed by atoms with E-state index in [4.69, 9.17) is 0 Å². The minimum atomic E-state index is 0. The van der Waals surface area contributed by atoms with Crippen molar-refractivity contribution in [2.75, 3.05) is 32.1 Å². The van der Waals surface area contributed by atoms with Gasteiger partial charge in [-0.05, 0) is 64.8 Å². The van der Waals surface area contributed by atoms with Crippen LogP contribution in [0.1, 0.15) is 24.2 Å². The van der Waals surface area contributed by atoms with E-state index in [9.17, 15) is 0 Å². The van der Waals surface area contributed by atoms with Crippen LogP contribution in [-0.2, 0) is 0 Å². The highest BCUT2D eigenvalue weighted by atomic mass is 35.5. The van der Waals surface area contributed by atoms with Gasteiger partial charge in [-0.2, -0.15) is 0 Å². The lowest BCUT2D eigenvalue weighted by Crippen LogP contribution is -2.36. The second-order valence-electron chi connectivity index (χ2n) is 6.55. The van der Waals surface area contributed by atoms with Crippen LogP contribution in [0.3, 0.4) is 0 Å². The first-order valence-electron chi connectivity index (χ1n) is 7.41. The second-order valence-corrected chi connectivity index (χ2v) is 6.55. The van der Waals surface area contributed by atoms with E-state index in [1.54, 1.807) is 0 Å². The molecule has 0 aromatic carbocycles. The molecular weight excluding hydrogens is 305 g/mol. The van der Waals surface area contributed by atoms with Crippen LogP contribution in [0.2, 0.25) is 0 Å². The number of hydrogen-bond acceptors (Lipinski definition) is 3. The fourth-order valence-electron chi connectivity index (χ4n) is 3.55. The molecule has 1 aromatic rings. The van der Waals surface area contributed by atoms with E-state index >= 15 is 0 Å². The maximum Gasteiger partial charge on any atom is 0.0403 e. The van der Waals surface area contributed by atoms with Gasteiger partial charge in [0.25, 0.3) is 0 Å². The number of rotatable bonds is 3. The highest BCUT2D eigenvalue weighted by molar-refractivity contribution is 5.85. The number of nitrogens with zero attached hydrogens (tertiary/aromatic N) is 3. The van der Waals surface area contributed by atoms with Gasteiger partial charge in [-0.3, -0.25) is 4.98 Å². The molecule has 1 saturated carbocycles. The average molecular weight is 332 g/mol. The van der Waals surface area contributed by atoms with Crippen LogP contribution in [0.4, 0.5) is 5.69 Å². The Labute approximate surface area is 140 Å². The summed E-state index contributed by atoms with van der Waals surface area (Å²) in [7, 11) is 4.46. The molecule has 5 heteroatoms. The molecule has 0 N–H and O–H groups in total. The van der Waals surface area contributed by atoms with Gasteiger partial charge in [0, 0.05) is 36.2 Å². The first-order valence-corrected chi connectivity index (χ1v) is 7.41. The third kappa shape index (κ3) is 4.02. The van der Waals surface area contributed by atoms with Crippen molar-refractivity contribution < 1.29 is 0 Å². The van der Waals surface area contributed by atoms with Crippen LogP contribution < -0.4 is 4.90 Å². The second kappa shape index (κ2) is 7.17. The van der Waals surface area contributed by atoms with Crippen molar-refractivity contribution in [3.8, 4) is 0 Å². The van der Waals surface area contributed by atoms with Gasteiger partial charge in [-0.1, -0.05) is 0 Å². The molecular formula is C16H27Cl2N3. The number of aromatic nitrogens is 1. The molecule has 120 valence electrons. The SMILES string of the molecule is Cc1cc(N2C[C@H](C3CC3)[C@@H](N(C)C)C2)cc(C)n1.Cl.Cl. The lowest BCUT2D eigenvalue weighted by molar-refractivity contribution is 0.238. The zero-order chi connectivity index (χ0) is 13.6. The smallest absolute Gasteiger partial charge is 0.0403 e. The molecule has 0 radical (unpaired) electrons. The zero-order valence-corrected chi connectivity index (χ0v) is 15.0. The maximum absolute atomic E-state index is 4.49. The van der Waals surface area contributed by atoms with E-state index in [0.717, 1.165) is 29.8 Å². The van der Waals surface area contributed by atoms with Gasteiger partial charge in [-0.15, -0.1) is 24.8 Å². The first kappa shape index (κ1) is 18.5. The van der Waals surface area contributed by atoms with E-state index in [-0.39, 0.29) is 24.8 Å². The summed E-state index contributed by atoms with van der Waals surface area (Å²) in [5, 5.41) is 0. The Hall–Kier alpha value is -0.510. The zero-order valence-electron chi connectivity index (χ0n) is 13.4. The lowest BCUT2D eigenvalue weighted by atomic mass is 9.97. The monoisotopic (exact) mass is 331 g/mol. The van der Waals surface area contributed by atoms with Crippen LogP contribution in [0.5, 0.6) is 0 Å². The summed E-state index contributed by atoms with van der Waals surface area (Å²) in [6.07, 6.45) is 2.88. The fourth-order valence-corrected chi connectivity index (χ4v) is 3.55. The molecule has 2 aliphatic rings. The first-order chi connectivity index (χ1) is 9.04. The van der Waals surface area contributed by atoms with E-state index in [0.29, 0.717) is 6.04 Å². The van der Waals surface area contributed by atoms with E-state index in [1.165, 1.54) is 25.1 Å². The largest absolute Gasteiger partial charge is 0.369 e. The number of pyridine rings is 1. The molecule has 0 bridgehead atoms. The van der Waals surface area contributed by atoms with Crippen molar-refractivity contribution in [3.63, 3.8) is 0 Å². The molecule has 2 heterocycles. The van der Waals surface area contributed by atoms with Gasteiger partial charge in [0.2, 0.25) is 0 Å². The predicted octanol–water partition coefficient (Wildman–Crippen LogP) is 3.32. The summed E-state index contributed by atoms with van der Waals surface area (Å²) in [6, 6.07) is 5.17. The van der Waals surface area contributed by atoms with E-state index in [1.807, 2.05) is 0 Å². The summed E-state index contributed by atoms with van der Waals surface area (Å²) in [5.74, 6) is 1.82. The number of anilines is 1. The molecule has 1 aliphatic heterocycles. The molecule has 0 amide bonds. The Morgan fingerprint density at radius 1 is 1.05 bits per heavy atom. The number of halogens is 2. The lowest BCUT2D eigenvalue weighted by Gasteiger charge is -2.24. The predicted molar refractivity (Wildman–Crippen MR) is 94.1 cm³/mol. The van der Waals surface area contributed by atoms with Gasteiger partial charge in [-0.25, -0.2) is 0 Å². The average Bonchev–Trinajstić information content (AvgIpc) is 3.06. The van der Waals surface area contributed by atoms with Crippen molar-refractivity contribution in [1.29, 1.82) is 0 Å². The van der Waals surface area contributed by atoms with Crippen LogP contribution in [0.25, 0.3) is 0 Å². The molecule has 2 fully saturated rings. The van der Waals surface area contributed by atoms with Crippen molar-refractivity contribution in [2.45, 2.75) is 32.7 Å². The molecule has 3 nitrogen and oxygen atoms in total. The quantitative estimate of drug-likeness (QED) is 0.846. The summed E-state index contributed by atoms with van der Waals surface area (Å²) < 4.78 is 0. The highest BCUT2D eigenvalue weighted by Gasteiger charge is 2.43. The number of aryl methyl sites for hydroxylation is 2. The highest BCUT2D eigenvalue weighted by Crippen LogP contribution is 2.43. The van der Waals surface area contributed by atoms with Gasteiger partial charge < -0.3 is 9.80 Å². The van der Waals surface area contributed by atoms with Crippen molar-refractivity contribution >= 4 is 30.5 Å². The molecule has 2 atom stereocenters. The molecule has 1 aliphatic carbocycles. The Kier molecular flexibility index (Phi) is 6.33. The number of hydrogen-bond donors (Lipinski definition) is 0. The summed E-state index contributed by atoms with van der Waals surface area (Å²) >= 11 is 0. The Balaban J connectivity index is 0.00000110. The van der Waals surface area contributed by atoms with Crippen LogP contribution in [0.15, 0.2) is 12.1 Å². The van der Waals surface area contributed by atoms with Crippen LogP contribution in [0, 0.1) is 25.7 Å². The maximum atomic E-state index is 4.49. The summed E-state index contributed by atoms with van der Waals surface area (Å²) in [4.78, 5) is 9.47. The summed E-state index contributed by atoms with van der Waals surface area (Å²) in [5.41, 5.74) is 3.62. The van der Waals surface area contributed by atoms with Gasteiger partial charge in [0.05, 0.1) is 0 Å². The van der Waals surface area contributed by atoms with Gasteiger partial charge >= 0.3 is 0 Å². The Morgan fingerprint density at radius 2 is 1.62 bits per heavy atom. The molecule has 0 unspecified atom stereocenters. The van der Waals surface area contributed by atoms with Gasteiger partial charge in [0.15, 0.2) is 0 Å². The minimum Gasteiger partial charge on any atom is -0.369 e. The standard InChI is InChI=1S/C16H25N3.2ClH/c1-11-7-14(8-12(2)17-11)19-9-15(13-5-6-13)16(10-19)18(3)4;;/h7-8,13,15-16H,5-6,9-10H2,1-4H3;2*1H/t15-,16+;;/m1../s1. The third-order valence-electron chi connectivity index (χ3n) is 4.66. The van der Waals surface area contributed by atoms with Crippen LogP contribution >= 0.6 is 24.8 Å². The topological polar surface area (TPSA) is 19.4 Å². The Morgan fingerprint density at radius 3 is 2.10 bits per heavy atom. The molecule has 3 rings (SSSR count). The molecule has 1 saturated heterocycles. The third-order valence-corrected chi connectivity index (χ3v) is 4.66. The normalized spacial score (nSPS) is 24.7. The van der Waals surface area contributed by atoms with Crippen LogP contribution in [-0.4, -0.2) is 43.1 Å². The Bertz CT molecular complexity index is 444.